The van der Waals surface area contributed by atoms with Gasteiger partial charge in [0.15, 0.2) is 0 Å². The molecule has 2 aromatic carbocycles. The molecule has 1 aliphatic heterocycles. The molecular weight excluding hydrogens is 432 g/mol. The second kappa shape index (κ2) is 6.50. The molecule has 1 aliphatic rings. The first-order valence-corrected chi connectivity index (χ1v) is 11.2. The summed E-state index contributed by atoms with van der Waals surface area (Å²) in [6.07, 6.45) is 0.502. The maximum absolute atomic E-state index is 12.5. The fraction of sp³-hybridized carbons (Fsp3) is 0.200. The molecule has 0 amide bonds. The lowest BCUT2D eigenvalue weighted by molar-refractivity contribution is 0.477. The second-order valence-corrected chi connectivity index (χ2v) is 10.1. The zero-order valence-electron chi connectivity index (χ0n) is 12.9. The molecule has 134 valence electrons. The van der Waals surface area contributed by atoms with Gasteiger partial charge in [-0.3, -0.25) is 9.03 Å². The van der Waals surface area contributed by atoms with E-state index in [1.807, 2.05) is 0 Å². The van der Waals surface area contributed by atoms with Crippen molar-refractivity contribution in [2.24, 2.45) is 0 Å². The van der Waals surface area contributed by atoms with Crippen LogP contribution >= 0.6 is 15.9 Å². The first-order valence-electron chi connectivity index (χ1n) is 7.31. The van der Waals surface area contributed by atoms with Crippen LogP contribution in [0.5, 0.6) is 5.75 Å². The molecule has 1 saturated heterocycles. The van der Waals surface area contributed by atoms with Crippen LogP contribution in [0.15, 0.2) is 51.8 Å². The maximum Gasteiger partial charge on any atom is 0.262 e. The van der Waals surface area contributed by atoms with Crippen LogP contribution in [0.2, 0.25) is 0 Å². The van der Waals surface area contributed by atoms with Crippen molar-refractivity contribution in [1.82, 2.24) is 0 Å². The van der Waals surface area contributed by atoms with Crippen LogP contribution < -0.4 is 9.03 Å². The van der Waals surface area contributed by atoms with Gasteiger partial charge in [-0.2, -0.15) is 0 Å². The summed E-state index contributed by atoms with van der Waals surface area (Å²) < 4.78 is 53.1. The number of rotatable bonds is 4. The van der Waals surface area contributed by atoms with E-state index in [9.17, 15) is 21.9 Å². The van der Waals surface area contributed by atoms with Crippen molar-refractivity contribution < 1.29 is 21.9 Å². The van der Waals surface area contributed by atoms with Gasteiger partial charge in [0.05, 0.1) is 22.0 Å². The second-order valence-electron chi connectivity index (χ2n) is 5.51. The molecule has 0 radical (unpaired) electrons. The summed E-state index contributed by atoms with van der Waals surface area (Å²) in [4.78, 5) is 0.0143. The Labute approximate surface area is 154 Å². The molecule has 3 rings (SSSR count). The Morgan fingerprint density at radius 2 is 1.92 bits per heavy atom. The normalized spacial score (nSPS) is 16.8. The zero-order valence-corrected chi connectivity index (χ0v) is 16.1. The number of hydrogen-bond acceptors (Lipinski definition) is 5. The Kier molecular flexibility index (Phi) is 4.69. The molecule has 1 fully saturated rings. The number of aromatic hydroxyl groups is 1. The summed E-state index contributed by atoms with van der Waals surface area (Å²) >= 11 is 3.21. The zero-order chi connectivity index (χ0) is 18.2. The number of anilines is 2. The molecule has 0 unspecified atom stereocenters. The van der Waals surface area contributed by atoms with Crippen LogP contribution in [0.1, 0.15) is 6.42 Å². The minimum Gasteiger partial charge on any atom is -0.506 e. The SMILES string of the molecule is O=S(=O)(Nc1cc(N2CCCS2(=O)=O)ccc1O)c1cccc(Br)c1. The van der Waals surface area contributed by atoms with Crippen LogP contribution in [-0.4, -0.2) is 34.2 Å². The molecule has 1 heterocycles. The Morgan fingerprint density at radius 3 is 2.56 bits per heavy atom. The minimum absolute atomic E-state index is 0.0143. The molecular formula is C15H15BrN2O5S2. The Morgan fingerprint density at radius 1 is 1.16 bits per heavy atom. The van der Waals surface area contributed by atoms with Gasteiger partial charge >= 0.3 is 0 Å². The number of benzene rings is 2. The number of hydrogen-bond donors (Lipinski definition) is 2. The highest BCUT2D eigenvalue weighted by atomic mass is 79.9. The van der Waals surface area contributed by atoms with Gasteiger partial charge in [0, 0.05) is 11.0 Å². The van der Waals surface area contributed by atoms with Gasteiger partial charge in [0.25, 0.3) is 10.0 Å². The fourth-order valence-corrected chi connectivity index (χ4v) is 5.75. The molecule has 10 heteroatoms. The van der Waals surface area contributed by atoms with E-state index in [0.29, 0.717) is 23.1 Å². The predicted octanol–water partition coefficient (Wildman–Crippen LogP) is 2.50. The van der Waals surface area contributed by atoms with Crippen molar-refractivity contribution in [3.05, 3.63) is 46.9 Å². The van der Waals surface area contributed by atoms with Crippen LogP contribution in [0.25, 0.3) is 0 Å². The van der Waals surface area contributed by atoms with Gasteiger partial charge in [0.2, 0.25) is 10.0 Å². The Balaban J connectivity index is 1.96. The predicted molar refractivity (Wildman–Crippen MR) is 98.8 cm³/mol. The molecule has 0 spiro atoms. The number of nitrogens with one attached hydrogen (secondary N) is 1. The van der Waals surface area contributed by atoms with Crippen LogP contribution in [-0.2, 0) is 20.0 Å². The molecule has 2 aromatic rings. The van der Waals surface area contributed by atoms with Crippen molar-refractivity contribution in [2.75, 3.05) is 21.3 Å². The summed E-state index contributed by atoms with van der Waals surface area (Å²) in [6.45, 7) is 0.324. The monoisotopic (exact) mass is 446 g/mol. The third kappa shape index (κ3) is 3.75. The standard InChI is InChI=1S/C15H15BrN2O5S2/c16-11-3-1-4-13(9-11)25(22,23)17-14-10-12(5-6-15(14)19)18-7-2-8-24(18,20)21/h1,3-6,9-10,17,19H,2,7-8H2. The van der Waals surface area contributed by atoms with Crippen molar-refractivity contribution in [3.63, 3.8) is 0 Å². The van der Waals surface area contributed by atoms with Crippen molar-refractivity contribution in [2.45, 2.75) is 11.3 Å². The molecule has 0 saturated carbocycles. The van der Waals surface area contributed by atoms with Crippen molar-refractivity contribution >= 4 is 47.4 Å². The molecule has 7 nitrogen and oxygen atoms in total. The Bertz CT molecular complexity index is 1020. The lowest BCUT2D eigenvalue weighted by atomic mass is 10.2. The van der Waals surface area contributed by atoms with Gasteiger partial charge < -0.3 is 5.11 Å². The summed E-state index contributed by atoms with van der Waals surface area (Å²) in [5.74, 6) is -0.244. The van der Waals surface area contributed by atoms with Crippen molar-refractivity contribution in [3.8, 4) is 5.75 Å². The molecule has 25 heavy (non-hydrogen) atoms. The largest absolute Gasteiger partial charge is 0.506 e. The average Bonchev–Trinajstić information content (AvgIpc) is 2.89. The van der Waals surface area contributed by atoms with Crippen LogP contribution in [0.4, 0.5) is 11.4 Å². The van der Waals surface area contributed by atoms with Gasteiger partial charge in [-0.15, -0.1) is 0 Å². The first-order chi connectivity index (χ1) is 11.7. The minimum atomic E-state index is -3.94. The summed E-state index contributed by atoms with van der Waals surface area (Å²) in [6, 6.07) is 10.1. The van der Waals surface area contributed by atoms with E-state index in [0.717, 1.165) is 0 Å². The highest BCUT2D eigenvalue weighted by molar-refractivity contribution is 9.10. The van der Waals surface area contributed by atoms with E-state index >= 15 is 0 Å². The number of sulfonamides is 2. The van der Waals surface area contributed by atoms with Gasteiger partial charge in [-0.05, 0) is 42.8 Å². The summed E-state index contributed by atoms with van der Waals surface area (Å²) in [7, 11) is -7.34. The molecule has 2 N–H and O–H groups in total. The summed E-state index contributed by atoms with van der Waals surface area (Å²) in [5, 5.41) is 9.97. The number of phenols is 1. The van der Waals surface area contributed by atoms with E-state index in [1.165, 1.54) is 34.6 Å². The van der Waals surface area contributed by atoms with E-state index in [4.69, 9.17) is 0 Å². The molecule has 0 atom stereocenters. The lowest BCUT2D eigenvalue weighted by Gasteiger charge is -2.18. The third-order valence-corrected chi connectivity index (χ3v) is 7.44. The van der Waals surface area contributed by atoms with Gasteiger partial charge in [-0.1, -0.05) is 22.0 Å². The van der Waals surface area contributed by atoms with Crippen LogP contribution in [0, 0.1) is 0 Å². The summed E-state index contributed by atoms with van der Waals surface area (Å²) in [5.41, 5.74) is 0.224. The van der Waals surface area contributed by atoms with Crippen molar-refractivity contribution in [1.29, 1.82) is 0 Å². The smallest absolute Gasteiger partial charge is 0.262 e. The van der Waals surface area contributed by atoms with E-state index in [1.54, 1.807) is 12.1 Å². The lowest BCUT2D eigenvalue weighted by Crippen LogP contribution is -2.25. The van der Waals surface area contributed by atoms with Crippen LogP contribution in [0.3, 0.4) is 0 Å². The average molecular weight is 447 g/mol. The van der Waals surface area contributed by atoms with E-state index < -0.39 is 20.0 Å². The van der Waals surface area contributed by atoms with E-state index in [-0.39, 0.29) is 22.1 Å². The molecule has 0 bridgehead atoms. The quantitative estimate of drug-likeness (QED) is 0.701. The van der Waals surface area contributed by atoms with E-state index in [2.05, 4.69) is 20.7 Å². The van der Waals surface area contributed by atoms with Gasteiger partial charge in [-0.25, -0.2) is 16.8 Å². The highest BCUT2D eigenvalue weighted by Crippen LogP contribution is 2.33. The number of nitrogens with zero attached hydrogens (tertiary/aromatic N) is 1. The molecule has 0 aromatic heterocycles. The van der Waals surface area contributed by atoms with Gasteiger partial charge in [0.1, 0.15) is 5.75 Å². The topological polar surface area (TPSA) is 104 Å². The Hall–Kier alpha value is -1.78. The number of halogens is 1. The maximum atomic E-state index is 12.5. The number of phenolic OH excluding ortho intramolecular Hbond substituents is 1. The molecule has 0 aliphatic carbocycles. The first kappa shape index (κ1) is 18.0. The fourth-order valence-electron chi connectivity index (χ4n) is 2.53. The highest BCUT2D eigenvalue weighted by Gasteiger charge is 2.29. The third-order valence-electron chi connectivity index (χ3n) is 3.72.